The molecule has 3 rings (SSSR count). The molecule has 0 amide bonds. The van der Waals surface area contributed by atoms with Crippen LogP contribution in [0.3, 0.4) is 0 Å². The van der Waals surface area contributed by atoms with Crippen LogP contribution in [0.2, 0.25) is 0 Å². The summed E-state index contributed by atoms with van der Waals surface area (Å²) < 4.78 is 0. The van der Waals surface area contributed by atoms with Gasteiger partial charge in [0.15, 0.2) is 5.78 Å². The second-order valence-corrected chi connectivity index (χ2v) is 5.57. The van der Waals surface area contributed by atoms with Gasteiger partial charge in [0, 0.05) is 23.6 Å². The number of rotatable bonds is 4. The molecule has 3 heteroatoms. The second-order valence-electron chi connectivity index (χ2n) is 5.57. The maximum atomic E-state index is 12.3. The highest BCUT2D eigenvalue weighted by atomic mass is 16.1. The number of hydrogen-bond donors (Lipinski definition) is 1. The van der Waals surface area contributed by atoms with Gasteiger partial charge in [-0.2, -0.15) is 0 Å². The molecule has 1 aromatic carbocycles. The summed E-state index contributed by atoms with van der Waals surface area (Å²) in [4.78, 5) is 16.6. The highest BCUT2D eigenvalue weighted by Gasteiger charge is 2.15. The molecule has 0 spiro atoms. The SMILES string of the molecule is O=C(CCC1CCNCC1)c1ccc2cccnc2c1. The molecule has 20 heavy (non-hydrogen) atoms. The smallest absolute Gasteiger partial charge is 0.162 e. The van der Waals surface area contributed by atoms with Crippen LogP contribution in [-0.4, -0.2) is 23.9 Å². The monoisotopic (exact) mass is 268 g/mol. The molecule has 0 aliphatic carbocycles. The number of nitrogens with zero attached hydrogens (tertiary/aromatic N) is 1. The minimum absolute atomic E-state index is 0.246. The van der Waals surface area contributed by atoms with Gasteiger partial charge in [-0.25, -0.2) is 0 Å². The maximum absolute atomic E-state index is 12.3. The quantitative estimate of drug-likeness (QED) is 0.866. The van der Waals surface area contributed by atoms with Gasteiger partial charge < -0.3 is 5.32 Å². The number of carbonyl (C=O) groups is 1. The summed E-state index contributed by atoms with van der Waals surface area (Å²) in [6.07, 6.45) is 5.84. The summed E-state index contributed by atoms with van der Waals surface area (Å²) in [6, 6.07) is 9.77. The topological polar surface area (TPSA) is 42.0 Å². The van der Waals surface area contributed by atoms with E-state index in [4.69, 9.17) is 0 Å². The van der Waals surface area contributed by atoms with Gasteiger partial charge >= 0.3 is 0 Å². The van der Waals surface area contributed by atoms with Crippen LogP contribution in [0.25, 0.3) is 10.9 Å². The van der Waals surface area contributed by atoms with Crippen molar-refractivity contribution in [1.82, 2.24) is 10.3 Å². The van der Waals surface area contributed by atoms with E-state index < -0.39 is 0 Å². The lowest BCUT2D eigenvalue weighted by atomic mass is 9.91. The second kappa shape index (κ2) is 6.14. The number of pyridine rings is 1. The predicted octanol–water partition coefficient (Wildman–Crippen LogP) is 3.20. The number of carbonyl (C=O) groups excluding carboxylic acids is 1. The number of benzene rings is 1. The predicted molar refractivity (Wildman–Crippen MR) is 80.9 cm³/mol. The molecule has 0 atom stereocenters. The fraction of sp³-hybridized carbons (Fsp3) is 0.412. The first-order valence-electron chi connectivity index (χ1n) is 7.41. The first-order valence-corrected chi connectivity index (χ1v) is 7.41. The third-order valence-electron chi connectivity index (χ3n) is 4.17. The molecule has 0 radical (unpaired) electrons. The van der Waals surface area contributed by atoms with Crippen molar-refractivity contribution in [1.29, 1.82) is 0 Å². The van der Waals surface area contributed by atoms with Gasteiger partial charge in [0.1, 0.15) is 0 Å². The summed E-state index contributed by atoms with van der Waals surface area (Å²) in [7, 11) is 0. The van der Waals surface area contributed by atoms with Gasteiger partial charge in [0.25, 0.3) is 0 Å². The van der Waals surface area contributed by atoms with Crippen molar-refractivity contribution in [2.24, 2.45) is 5.92 Å². The lowest BCUT2D eigenvalue weighted by molar-refractivity contribution is 0.0971. The molecule has 0 unspecified atom stereocenters. The molecule has 1 N–H and O–H groups in total. The van der Waals surface area contributed by atoms with E-state index in [1.807, 2.05) is 30.3 Å². The van der Waals surface area contributed by atoms with E-state index in [1.54, 1.807) is 6.20 Å². The number of piperidine rings is 1. The maximum Gasteiger partial charge on any atom is 0.162 e. The van der Waals surface area contributed by atoms with E-state index in [9.17, 15) is 4.79 Å². The van der Waals surface area contributed by atoms with Crippen LogP contribution >= 0.6 is 0 Å². The van der Waals surface area contributed by atoms with Gasteiger partial charge in [0.2, 0.25) is 0 Å². The average molecular weight is 268 g/mol. The van der Waals surface area contributed by atoms with Crippen LogP contribution in [0, 0.1) is 5.92 Å². The zero-order valence-electron chi connectivity index (χ0n) is 11.6. The summed E-state index contributed by atoms with van der Waals surface area (Å²) >= 11 is 0. The Bertz CT molecular complexity index is 603. The Balaban J connectivity index is 1.65. The molecule has 0 saturated carbocycles. The largest absolute Gasteiger partial charge is 0.317 e. The molecule has 2 heterocycles. The molecule has 104 valence electrons. The van der Waals surface area contributed by atoms with E-state index in [1.165, 1.54) is 12.8 Å². The lowest BCUT2D eigenvalue weighted by Crippen LogP contribution is -2.27. The minimum Gasteiger partial charge on any atom is -0.317 e. The van der Waals surface area contributed by atoms with Crippen molar-refractivity contribution in [2.75, 3.05) is 13.1 Å². The van der Waals surface area contributed by atoms with E-state index in [2.05, 4.69) is 10.3 Å². The first kappa shape index (κ1) is 13.3. The third-order valence-corrected chi connectivity index (χ3v) is 4.17. The molecule has 1 aliphatic heterocycles. The molecule has 3 nitrogen and oxygen atoms in total. The van der Waals surface area contributed by atoms with Crippen molar-refractivity contribution < 1.29 is 4.79 Å². The number of nitrogens with one attached hydrogen (secondary N) is 1. The van der Waals surface area contributed by atoms with E-state index in [-0.39, 0.29) is 5.78 Å². The number of ketones is 1. The highest BCUT2D eigenvalue weighted by molar-refractivity contribution is 5.99. The van der Waals surface area contributed by atoms with Gasteiger partial charge in [-0.15, -0.1) is 0 Å². The van der Waals surface area contributed by atoms with E-state index in [0.29, 0.717) is 12.3 Å². The zero-order chi connectivity index (χ0) is 13.8. The average Bonchev–Trinajstić information content (AvgIpc) is 2.53. The number of hydrogen-bond acceptors (Lipinski definition) is 3. The molecule has 0 bridgehead atoms. The lowest BCUT2D eigenvalue weighted by Gasteiger charge is -2.22. The fourth-order valence-corrected chi connectivity index (χ4v) is 2.89. The Hall–Kier alpha value is -1.74. The zero-order valence-corrected chi connectivity index (χ0v) is 11.6. The summed E-state index contributed by atoms with van der Waals surface area (Å²) in [5, 5.41) is 4.45. The van der Waals surface area contributed by atoms with Gasteiger partial charge in [-0.3, -0.25) is 9.78 Å². The molecule has 1 saturated heterocycles. The minimum atomic E-state index is 0.246. The van der Waals surface area contributed by atoms with Gasteiger partial charge in [0.05, 0.1) is 5.52 Å². The molecular formula is C17H20N2O. The molecule has 1 fully saturated rings. The molecular weight excluding hydrogens is 248 g/mol. The van der Waals surface area contributed by atoms with Crippen LogP contribution in [0.15, 0.2) is 36.5 Å². The van der Waals surface area contributed by atoms with Crippen molar-refractivity contribution in [3.63, 3.8) is 0 Å². The Kier molecular flexibility index (Phi) is 4.07. The summed E-state index contributed by atoms with van der Waals surface area (Å²) in [5.74, 6) is 0.954. The van der Waals surface area contributed by atoms with E-state index >= 15 is 0 Å². The Morgan fingerprint density at radius 2 is 2.10 bits per heavy atom. The summed E-state index contributed by atoms with van der Waals surface area (Å²) in [5.41, 5.74) is 1.70. The van der Waals surface area contributed by atoms with Crippen molar-refractivity contribution in [3.8, 4) is 0 Å². The fourth-order valence-electron chi connectivity index (χ4n) is 2.89. The Morgan fingerprint density at radius 1 is 1.25 bits per heavy atom. The van der Waals surface area contributed by atoms with Crippen LogP contribution in [-0.2, 0) is 0 Å². The van der Waals surface area contributed by atoms with Crippen LogP contribution in [0.1, 0.15) is 36.0 Å². The number of Topliss-reactive ketones (excluding diaryl/α,β-unsaturated/α-hetero) is 1. The number of fused-ring (bicyclic) bond motifs is 1. The van der Waals surface area contributed by atoms with Crippen LogP contribution in [0.5, 0.6) is 0 Å². The summed E-state index contributed by atoms with van der Waals surface area (Å²) in [6.45, 7) is 2.19. The molecule has 1 aromatic heterocycles. The third kappa shape index (κ3) is 3.05. The van der Waals surface area contributed by atoms with Crippen molar-refractivity contribution in [2.45, 2.75) is 25.7 Å². The van der Waals surface area contributed by atoms with Crippen molar-refractivity contribution in [3.05, 3.63) is 42.1 Å². The first-order chi connectivity index (χ1) is 9.83. The Labute approximate surface area is 119 Å². The standard InChI is InChI=1S/C17H20N2O/c20-17(6-3-13-7-10-18-11-8-13)15-5-4-14-2-1-9-19-16(14)12-15/h1-2,4-5,9,12-13,18H,3,6-8,10-11H2. The molecule has 2 aromatic rings. The van der Waals surface area contributed by atoms with Crippen LogP contribution < -0.4 is 5.32 Å². The molecule has 1 aliphatic rings. The van der Waals surface area contributed by atoms with Crippen molar-refractivity contribution >= 4 is 16.7 Å². The van der Waals surface area contributed by atoms with Gasteiger partial charge in [-0.05, 0) is 50.4 Å². The van der Waals surface area contributed by atoms with E-state index in [0.717, 1.165) is 36.0 Å². The number of aromatic nitrogens is 1. The Morgan fingerprint density at radius 3 is 2.95 bits per heavy atom. The highest BCUT2D eigenvalue weighted by Crippen LogP contribution is 2.20. The van der Waals surface area contributed by atoms with Crippen LogP contribution in [0.4, 0.5) is 0 Å². The van der Waals surface area contributed by atoms with Gasteiger partial charge in [-0.1, -0.05) is 18.2 Å². The normalized spacial score (nSPS) is 16.4.